The lowest BCUT2D eigenvalue weighted by atomic mass is 9.88. The van der Waals surface area contributed by atoms with Crippen molar-refractivity contribution in [3.63, 3.8) is 0 Å². The zero-order chi connectivity index (χ0) is 19.4. The first kappa shape index (κ1) is 20.3. The smallest absolute Gasteiger partial charge is 0.224 e. The van der Waals surface area contributed by atoms with Crippen molar-refractivity contribution < 1.29 is 13.2 Å². The van der Waals surface area contributed by atoms with E-state index >= 15 is 0 Å². The molecule has 0 aromatic heterocycles. The SMILES string of the molecule is CC[C@@H](NC(=O)[C@H]1CCCN(S(=O)(=O)CC)C1)c1ccc2c(c1)CCCC2. The number of carbonyl (C=O) groups excluding carboxylic acids is 1. The van der Waals surface area contributed by atoms with E-state index in [4.69, 9.17) is 0 Å². The number of hydrogen-bond acceptors (Lipinski definition) is 3. The van der Waals surface area contributed by atoms with Gasteiger partial charge in [-0.1, -0.05) is 25.1 Å². The van der Waals surface area contributed by atoms with Gasteiger partial charge in [0.1, 0.15) is 0 Å². The highest BCUT2D eigenvalue weighted by molar-refractivity contribution is 7.89. The van der Waals surface area contributed by atoms with Crippen LogP contribution in [-0.4, -0.2) is 37.5 Å². The van der Waals surface area contributed by atoms with Crippen LogP contribution in [0.1, 0.15) is 68.7 Å². The van der Waals surface area contributed by atoms with Gasteiger partial charge >= 0.3 is 0 Å². The van der Waals surface area contributed by atoms with Crippen molar-refractivity contribution in [3.8, 4) is 0 Å². The van der Waals surface area contributed by atoms with E-state index < -0.39 is 10.0 Å². The molecule has 1 aliphatic heterocycles. The van der Waals surface area contributed by atoms with Crippen LogP contribution in [-0.2, 0) is 27.7 Å². The molecular formula is C21H32N2O3S. The molecule has 1 amide bonds. The van der Waals surface area contributed by atoms with Crippen LogP contribution in [0, 0.1) is 5.92 Å². The summed E-state index contributed by atoms with van der Waals surface area (Å²) >= 11 is 0. The average molecular weight is 393 g/mol. The van der Waals surface area contributed by atoms with Gasteiger partial charge < -0.3 is 5.32 Å². The predicted molar refractivity (Wildman–Crippen MR) is 108 cm³/mol. The minimum atomic E-state index is -3.23. The van der Waals surface area contributed by atoms with Crippen LogP contribution in [0.3, 0.4) is 0 Å². The number of aryl methyl sites for hydroxylation is 2. The van der Waals surface area contributed by atoms with E-state index in [1.807, 2.05) is 0 Å². The maximum Gasteiger partial charge on any atom is 0.224 e. The third-order valence-electron chi connectivity index (χ3n) is 6.01. The summed E-state index contributed by atoms with van der Waals surface area (Å²) in [4.78, 5) is 12.9. The van der Waals surface area contributed by atoms with Crippen molar-refractivity contribution in [2.24, 2.45) is 5.92 Å². The van der Waals surface area contributed by atoms with Gasteiger partial charge in [-0.25, -0.2) is 12.7 Å². The van der Waals surface area contributed by atoms with Gasteiger partial charge in [0.25, 0.3) is 0 Å². The molecule has 0 radical (unpaired) electrons. The van der Waals surface area contributed by atoms with Gasteiger partial charge in [-0.2, -0.15) is 0 Å². The maximum absolute atomic E-state index is 12.9. The molecule has 1 N–H and O–H groups in total. The van der Waals surface area contributed by atoms with Crippen molar-refractivity contribution in [2.75, 3.05) is 18.8 Å². The molecule has 1 saturated heterocycles. The van der Waals surface area contributed by atoms with Gasteiger partial charge in [0.05, 0.1) is 17.7 Å². The zero-order valence-electron chi connectivity index (χ0n) is 16.5. The summed E-state index contributed by atoms with van der Waals surface area (Å²) in [6.07, 6.45) is 7.11. The number of rotatable bonds is 6. The molecule has 0 saturated carbocycles. The van der Waals surface area contributed by atoms with Crippen LogP contribution in [0.15, 0.2) is 18.2 Å². The number of carbonyl (C=O) groups is 1. The largest absolute Gasteiger partial charge is 0.349 e. The molecule has 150 valence electrons. The Labute approximate surface area is 163 Å². The Kier molecular flexibility index (Phi) is 6.58. The number of amides is 1. The lowest BCUT2D eigenvalue weighted by Crippen LogP contribution is -2.46. The highest BCUT2D eigenvalue weighted by Gasteiger charge is 2.32. The van der Waals surface area contributed by atoms with Gasteiger partial charge in [-0.15, -0.1) is 0 Å². The van der Waals surface area contributed by atoms with E-state index in [1.165, 1.54) is 33.8 Å². The minimum absolute atomic E-state index is 0.0112. The van der Waals surface area contributed by atoms with Crippen molar-refractivity contribution in [3.05, 3.63) is 34.9 Å². The summed E-state index contributed by atoms with van der Waals surface area (Å²) in [5, 5.41) is 3.19. The Balaban J connectivity index is 1.68. The molecule has 1 aromatic rings. The number of fused-ring (bicyclic) bond motifs is 1. The first-order valence-electron chi connectivity index (χ1n) is 10.3. The monoisotopic (exact) mass is 392 g/mol. The normalized spacial score (nSPS) is 22.1. The summed E-state index contributed by atoms with van der Waals surface area (Å²) in [6, 6.07) is 6.61. The number of sulfonamides is 1. The molecule has 5 nitrogen and oxygen atoms in total. The number of benzene rings is 1. The van der Waals surface area contributed by atoms with E-state index in [9.17, 15) is 13.2 Å². The van der Waals surface area contributed by atoms with Gasteiger partial charge in [-0.3, -0.25) is 4.79 Å². The van der Waals surface area contributed by atoms with E-state index in [2.05, 4.69) is 30.4 Å². The molecule has 2 aliphatic rings. The summed E-state index contributed by atoms with van der Waals surface area (Å²) in [5.74, 6) is -0.184. The fourth-order valence-corrected chi connectivity index (χ4v) is 5.45. The molecular weight excluding hydrogens is 360 g/mol. The Bertz CT molecular complexity index is 776. The Hall–Kier alpha value is -1.40. The number of piperidine rings is 1. The molecule has 0 unspecified atom stereocenters. The third kappa shape index (κ3) is 4.72. The lowest BCUT2D eigenvalue weighted by Gasteiger charge is -2.32. The average Bonchev–Trinajstić information content (AvgIpc) is 2.71. The zero-order valence-corrected chi connectivity index (χ0v) is 17.4. The van der Waals surface area contributed by atoms with Crippen molar-refractivity contribution in [1.82, 2.24) is 9.62 Å². The fourth-order valence-electron chi connectivity index (χ4n) is 4.27. The van der Waals surface area contributed by atoms with Gasteiger partial charge in [-0.05, 0) is 68.6 Å². The summed E-state index contributed by atoms with van der Waals surface area (Å²) in [6.45, 7) is 4.58. The van der Waals surface area contributed by atoms with E-state index in [-0.39, 0.29) is 23.6 Å². The lowest BCUT2D eigenvalue weighted by molar-refractivity contribution is -0.126. The fraction of sp³-hybridized carbons (Fsp3) is 0.667. The van der Waals surface area contributed by atoms with Crippen molar-refractivity contribution in [1.29, 1.82) is 0 Å². The molecule has 0 spiro atoms. The quantitative estimate of drug-likeness (QED) is 0.808. The topological polar surface area (TPSA) is 66.5 Å². The highest BCUT2D eigenvalue weighted by Crippen LogP contribution is 2.27. The summed E-state index contributed by atoms with van der Waals surface area (Å²) < 4.78 is 25.8. The van der Waals surface area contributed by atoms with Crippen LogP contribution < -0.4 is 5.32 Å². The molecule has 27 heavy (non-hydrogen) atoms. The Morgan fingerprint density at radius 1 is 1.19 bits per heavy atom. The third-order valence-corrected chi connectivity index (χ3v) is 7.86. The molecule has 3 rings (SSSR count). The minimum Gasteiger partial charge on any atom is -0.349 e. The maximum atomic E-state index is 12.9. The van der Waals surface area contributed by atoms with Crippen molar-refractivity contribution >= 4 is 15.9 Å². The molecule has 0 bridgehead atoms. The van der Waals surface area contributed by atoms with E-state index in [0.717, 1.165) is 32.1 Å². The number of hydrogen-bond donors (Lipinski definition) is 1. The van der Waals surface area contributed by atoms with Crippen LogP contribution in [0.5, 0.6) is 0 Å². The predicted octanol–water partition coefficient (Wildman–Crippen LogP) is 3.19. The second-order valence-electron chi connectivity index (χ2n) is 7.80. The second kappa shape index (κ2) is 8.74. The molecule has 1 heterocycles. The van der Waals surface area contributed by atoms with Crippen LogP contribution in [0.2, 0.25) is 0 Å². The first-order chi connectivity index (χ1) is 12.9. The molecule has 6 heteroatoms. The van der Waals surface area contributed by atoms with E-state index in [1.54, 1.807) is 6.92 Å². The molecule has 1 aromatic carbocycles. The summed E-state index contributed by atoms with van der Waals surface area (Å²) in [5.41, 5.74) is 4.03. The molecule has 1 aliphatic carbocycles. The van der Waals surface area contributed by atoms with Crippen LogP contribution >= 0.6 is 0 Å². The Morgan fingerprint density at radius 3 is 2.63 bits per heavy atom. The van der Waals surface area contributed by atoms with E-state index in [0.29, 0.717) is 13.1 Å². The second-order valence-corrected chi connectivity index (χ2v) is 10.1. The van der Waals surface area contributed by atoms with Crippen LogP contribution in [0.4, 0.5) is 0 Å². The molecule has 2 atom stereocenters. The highest BCUT2D eigenvalue weighted by atomic mass is 32.2. The van der Waals surface area contributed by atoms with Crippen LogP contribution in [0.25, 0.3) is 0 Å². The molecule has 1 fully saturated rings. The first-order valence-corrected chi connectivity index (χ1v) is 12.0. The van der Waals surface area contributed by atoms with Gasteiger partial charge in [0, 0.05) is 13.1 Å². The van der Waals surface area contributed by atoms with Gasteiger partial charge in [0.15, 0.2) is 0 Å². The summed E-state index contributed by atoms with van der Waals surface area (Å²) in [7, 11) is -3.23. The number of nitrogens with zero attached hydrogens (tertiary/aromatic N) is 1. The number of nitrogens with one attached hydrogen (secondary N) is 1. The standard InChI is InChI=1S/C21H32N2O3S/c1-3-20(18-12-11-16-8-5-6-9-17(16)14-18)22-21(24)19-10-7-13-23(15-19)27(25,26)4-2/h11-12,14,19-20H,3-10,13,15H2,1-2H3,(H,22,24)/t19-,20+/m0/s1. The van der Waals surface area contributed by atoms with Gasteiger partial charge in [0.2, 0.25) is 15.9 Å². The Morgan fingerprint density at radius 2 is 1.93 bits per heavy atom. The van der Waals surface area contributed by atoms with Crippen molar-refractivity contribution in [2.45, 2.75) is 64.8 Å².